The molecule has 0 spiro atoms. The zero-order valence-electron chi connectivity index (χ0n) is 12.6. The maximum atomic E-state index is 9.26. The molecule has 2 N–H and O–H groups in total. The fraction of sp³-hybridized carbons (Fsp3) is 0.647. The first kappa shape index (κ1) is 17.0. The second-order valence-electron chi connectivity index (χ2n) is 5.31. The highest BCUT2D eigenvalue weighted by Gasteiger charge is 2.03. The molecular formula is C17H28O3. The quantitative estimate of drug-likeness (QED) is 0.611. The summed E-state index contributed by atoms with van der Waals surface area (Å²) < 4.78 is 5.45. The fourth-order valence-corrected chi connectivity index (χ4v) is 2.15. The molecule has 0 radical (unpaired) electrons. The van der Waals surface area contributed by atoms with Crippen LogP contribution in [0.3, 0.4) is 0 Å². The number of rotatable bonds is 11. The van der Waals surface area contributed by atoms with Gasteiger partial charge in [-0.3, -0.25) is 0 Å². The van der Waals surface area contributed by atoms with Crippen LogP contribution in [0.2, 0.25) is 0 Å². The van der Waals surface area contributed by atoms with Crippen molar-refractivity contribution in [2.24, 2.45) is 0 Å². The number of unbranched alkanes of at least 4 members (excludes halogenated alkanes) is 5. The number of benzene rings is 1. The maximum absolute atomic E-state index is 9.26. The average molecular weight is 280 g/mol. The van der Waals surface area contributed by atoms with Crippen LogP contribution in [0.4, 0.5) is 0 Å². The Morgan fingerprint density at radius 3 is 2.60 bits per heavy atom. The van der Waals surface area contributed by atoms with Gasteiger partial charge in [0.2, 0.25) is 0 Å². The van der Waals surface area contributed by atoms with Crippen LogP contribution in [0.15, 0.2) is 24.3 Å². The molecule has 3 heteroatoms. The molecule has 0 bridgehead atoms. The molecule has 0 amide bonds. The van der Waals surface area contributed by atoms with Crippen molar-refractivity contribution in [3.63, 3.8) is 0 Å². The normalized spacial score (nSPS) is 12.3. The van der Waals surface area contributed by atoms with Gasteiger partial charge in [-0.05, 0) is 30.5 Å². The average Bonchev–Trinajstić information content (AvgIpc) is 2.48. The summed E-state index contributed by atoms with van der Waals surface area (Å²) in [5.74, 6) is 0.765. The van der Waals surface area contributed by atoms with E-state index in [1.807, 2.05) is 18.2 Å². The van der Waals surface area contributed by atoms with Crippen molar-refractivity contribution in [3.05, 3.63) is 29.8 Å². The number of hydrogen-bond acceptors (Lipinski definition) is 3. The van der Waals surface area contributed by atoms with Gasteiger partial charge in [-0.1, -0.05) is 51.2 Å². The minimum atomic E-state index is -0.808. The van der Waals surface area contributed by atoms with Crippen molar-refractivity contribution in [1.29, 1.82) is 0 Å². The van der Waals surface area contributed by atoms with Gasteiger partial charge < -0.3 is 14.9 Å². The number of aliphatic hydroxyl groups is 2. The Bertz CT molecular complexity index is 352. The lowest BCUT2D eigenvalue weighted by Gasteiger charge is -2.11. The third-order valence-electron chi connectivity index (χ3n) is 3.37. The van der Waals surface area contributed by atoms with Crippen molar-refractivity contribution >= 4 is 0 Å². The van der Waals surface area contributed by atoms with E-state index >= 15 is 0 Å². The lowest BCUT2D eigenvalue weighted by atomic mass is 10.0. The Morgan fingerprint density at radius 1 is 1.10 bits per heavy atom. The zero-order valence-corrected chi connectivity index (χ0v) is 12.6. The predicted octanol–water partition coefficient (Wildman–Crippen LogP) is 3.32. The summed E-state index contributed by atoms with van der Waals surface area (Å²) in [4.78, 5) is 0. The molecule has 1 rings (SSSR count). The Labute approximate surface area is 122 Å². The molecule has 0 fully saturated rings. The highest BCUT2D eigenvalue weighted by molar-refractivity contribution is 5.28. The van der Waals surface area contributed by atoms with Gasteiger partial charge in [0.05, 0.1) is 6.61 Å². The summed E-state index contributed by atoms with van der Waals surface area (Å²) in [6.07, 6.45) is 8.07. The number of aryl methyl sites for hydroxylation is 1. The largest absolute Gasteiger partial charge is 0.491 e. The van der Waals surface area contributed by atoms with Crippen molar-refractivity contribution in [3.8, 4) is 5.75 Å². The summed E-state index contributed by atoms with van der Waals surface area (Å²) in [6.45, 7) is 2.10. The second kappa shape index (κ2) is 10.7. The van der Waals surface area contributed by atoms with Gasteiger partial charge >= 0.3 is 0 Å². The monoisotopic (exact) mass is 280 g/mol. The second-order valence-corrected chi connectivity index (χ2v) is 5.31. The molecule has 1 aromatic rings. The summed E-state index contributed by atoms with van der Waals surface area (Å²) in [7, 11) is 0. The van der Waals surface area contributed by atoms with Crippen molar-refractivity contribution in [2.45, 2.75) is 58.0 Å². The molecule has 1 atom stereocenters. The van der Waals surface area contributed by atoms with Crippen LogP contribution in [0.5, 0.6) is 5.75 Å². The maximum Gasteiger partial charge on any atom is 0.119 e. The van der Waals surface area contributed by atoms with Crippen LogP contribution in [-0.4, -0.2) is 29.5 Å². The highest BCUT2D eigenvalue weighted by Crippen LogP contribution is 2.16. The van der Waals surface area contributed by atoms with E-state index in [9.17, 15) is 5.11 Å². The van der Waals surface area contributed by atoms with Crippen LogP contribution in [0.1, 0.15) is 51.0 Å². The molecule has 0 saturated carbocycles. The topological polar surface area (TPSA) is 49.7 Å². The summed E-state index contributed by atoms with van der Waals surface area (Å²) in [5, 5.41) is 18.0. The Balaban J connectivity index is 2.25. The smallest absolute Gasteiger partial charge is 0.119 e. The summed E-state index contributed by atoms with van der Waals surface area (Å²) in [6, 6.07) is 8.00. The Hall–Kier alpha value is -1.06. The van der Waals surface area contributed by atoms with Crippen molar-refractivity contribution in [2.75, 3.05) is 13.2 Å². The van der Waals surface area contributed by atoms with E-state index in [1.54, 1.807) is 0 Å². The van der Waals surface area contributed by atoms with E-state index in [0.29, 0.717) is 0 Å². The molecule has 3 nitrogen and oxygen atoms in total. The molecule has 0 saturated heterocycles. The van der Waals surface area contributed by atoms with Gasteiger partial charge in [0.15, 0.2) is 0 Å². The first-order valence-corrected chi connectivity index (χ1v) is 7.77. The molecule has 0 aliphatic heterocycles. The Kier molecular flexibility index (Phi) is 9.09. The van der Waals surface area contributed by atoms with Gasteiger partial charge in [-0.25, -0.2) is 0 Å². The number of hydrogen-bond donors (Lipinski definition) is 2. The molecule has 0 heterocycles. The highest BCUT2D eigenvalue weighted by atomic mass is 16.5. The summed E-state index contributed by atoms with van der Waals surface area (Å²) >= 11 is 0. The van der Waals surface area contributed by atoms with Crippen LogP contribution < -0.4 is 4.74 Å². The molecule has 0 aliphatic rings. The van der Waals surface area contributed by atoms with Gasteiger partial charge in [0.25, 0.3) is 0 Å². The van der Waals surface area contributed by atoms with E-state index in [-0.39, 0.29) is 13.2 Å². The minimum Gasteiger partial charge on any atom is -0.491 e. The van der Waals surface area contributed by atoms with E-state index in [0.717, 1.165) is 12.2 Å². The molecule has 0 aliphatic carbocycles. The van der Waals surface area contributed by atoms with Gasteiger partial charge in [-0.15, -0.1) is 0 Å². The van der Waals surface area contributed by atoms with E-state index < -0.39 is 6.10 Å². The SMILES string of the molecule is CCCCCCCCc1cccc(OCC(O)CO)c1. The fourth-order valence-electron chi connectivity index (χ4n) is 2.15. The van der Waals surface area contributed by atoms with Crippen molar-refractivity contribution < 1.29 is 14.9 Å². The summed E-state index contributed by atoms with van der Waals surface area (Å²) in [5.41, 5.74) is 1.27. The van der Waals surface area contributed by atoms with Crippen LogP contribution in [-0.2, 0) is 6.42 Å². The Morgan fingerprint density at radius 2 is 1.85 bits per heavy atom. The van der Waals surface area contributed by atoms with Gasteiger partial charge in [0.1, 0.15) is 18.5 Å². The van der Waals surface area contributed by atoms with Gasteiger partial charge in [0, 0.05) is 0 Å². The van der Waals surface area contributed by atoms with E-state index in [4.69, 9.17) is 9.84 Å². The first-order chi connectivity index (χ1) is 9.76. The van der Waals surface area contributed by atoms with E-state index in [2.05, 4.69) is 13.0 Å². The molecule has 20 heavy (non-hydrogen) atoms. The predicted molar refractivity (Wildman–Crippen MR) is 82.1 cm³/mol. The third-order valence-corrected chi connectivity index (χ3v) is 3.37. The lowest BCUT2D eigenvalue weighted by Crippen LogP contribution is -2.21. The van der Waals surface area contributed by atoms with Crippen molar-refractivity contribution in [1.82, 2.24) is 0 Å². The number of aliphatic hydroxyl groups excluding tert-OH is 2. The van der Waals surface area contributed by atoms with Crippen LogP contribution in [0, 0.1) is 0 Å². The van der Waals surface area contributed by atoms with Crippen LogP contribution in [0.25, 0.3) is 0 Å². The van der Waals surface area contributed by atoms with Crippen LogP contribution >= 0.6 is 0 Å². The van der Waals surface area contributed by atoms with Gasteiger partial charge in [-0.2, -0.15) is 0 Å². The number of ether oxygens (including phenoxy) is 1. The lowest BCUT2D eigenvalue weighted by molar-refractivity contribution is 0.0536. The zero-order chi connectivity index (χ0) is 14.6. The standard InChI is InChI=1S/C17H28O3/c1-2-3-4-5-6-7-9-15-10-8-11-17(12-15)20-14-16(19)13-18/h8,10-12,16,18-19H,2-7,9,13-14H2,1H3. The molecule has 114 valence electrons. The molecule has 1 aromatic carbocycles. The minimum absolute atomic E-state index is 0.136. The third kappa shape index (κ3) is 7.51. The van der Waals surface area contributed by atoms with E-state index in [1.165, 1.54) is 44.1 Å². The first-order valence-electron chi connectivity index (χ1n) is 7.77. The molecular weight excluding hydrogens is 252 g/mol. The molecule has 0 aromatic heterocycles. The molecule has 1 unspecified atom stereocenters.